The number of carbonyl (C=O) groups excluding carboxylic acids is 1. The number of nitrogens with one attached hydrogen (secondary N) is 2. The van der Waals surface area contributed by atoms with Crippen molar-refractivity contribution < 1.29 is 9.53 Å². The molecule has 0 bridgehead atoms. The van der Waals surface area contributed by atoms with E-state index in [-0.39, 0.29) is 18.1 Å². The van der Waals surface area contributed by atoms with Gasteiger partial charge in [0, 0.05) is 24.7 Å². The van der Waals surface area contributed by atoms with E-state index in [1.165, 1.54) is 11.3 Å². The van der Waals surface area contributed by atoms with Gasteiger partial charge >= 0.3 is 0 Å². The summed E-state index contributed by atoms with van der Waals surface area (Å²) in [4.78, 5) is 12.1. The van der Waals surface area contributed by atoms with Crippen LogP contribution in [0.1, 0.15) is 39.2 Å². The number of fused-ring (bicyclic) bond motifs is 1. The van der Waals surface area contributed by atoms with Crippen LogP contribution in [-0.2, 0) is 16.0 Å². The first-order valence-electron chi connectivity index (χ1n) is 7.87. The largest absolute Gasteiger partial charge is 0.382 e. The van der Waals surface area contributed by atoms with Crippen molar-refractivity contribution in [1.29, 1.82) is 0 Å². The number of benzene rings is 1. The van der Waals surface area contributed by atoms with E-state index in [0.717, 1.165) is 25.8 Å². The molecular formula is C17H26N2O2. The monoisotopic (exact) mass is 290 g/mol. The molecule has 116 valence electrons. The topological polar surface area (TPSA) is 50.4 Å². The highest BCUT2D eigenvalue weighted by atomic mass is 16.5. The number of carbonyl (C=O) groups is 1. The van der Waals surface area contributed by atoms with E-state index in [4.69, 9.17) is 4.74 Å². The third-order valence-corrected chi connectivity index (χ3v) is 3.86. The van der Waals surface area contributed by atoms with E-state index in [1.807, 2.05) is 26.0 Å². The minimum Gasteiger partial charge on any atom is -0.382 e. The van der Waals surface area contributed by atoms with Crippen molar-refractivity contribution in [3.05, 3.63) is 29.8 Å². The minimum atomic E-state index is -0.415. The molecule has 1 amide bonds. The maximum absolute atomic E-state index is 12.1. The summed E-state index contributed by atoms with van der Waals surface area (Å²) in [5.74, 6) is -0.0187. The van der Waals surface area contributed by atoms with Crippen molar-refractivity contribution >= 4 is 11.6 Å². The molecular weight excluding hydrogens is 264 g/mol. The zero-order chi connectivity index (χ0) is 15.2. The smallest absolute Gasteiger partial charge is 0.249 e. The minimum absolute atomic E-state index is 0.0187. The van der Waals surface area contributed by atoms with Gasteiger partial charge in [0.05, 0.1) is 6.10 Å². The second-order valence-electron chi connectivity index (χ2n) is 5.84. The van der Waals surface area contributed by atoms with Crippen LogP contribution in [-0.4, -0.2) is 30.7 Å². The second kappa shape index (κ2) is 7.46. The Bertz CT molecular complexity index is 476. The van der Waals surface area contributed by atoms with Gasteiger partial charge in [-0.25, -0.2) is 0 Å². The van der Waals surface area contributed by atoms with Crippen LogP contribution in [0.25, 0.3) is 0 Å². The fourth-order valence-electron chi connectivity index (χ4n) is 2.72. The maximum atomic E-state index is 12.1. The number of hydrogen-bond donors (Lipinski definition) is 2. The van der Waals surface area contributed by atoms with Gasteiger partial charge < -0.3 is 15.4 Å². The van der Waals surface area contributed by atoms with Gasteiger partial charge in [0.15, 0.2) is 0 Å². The maximum Gasteiger partial charge on any atom is 0.249 e. The summed E-state index contributed by atoms with van der Waals surface area (Å²) in [6, 6.07) is 8.45. The Kier molecular flexibility index (Phi) is 5.62. The first-order valence-corrected chi connectivity index (χ1v) is 7.87. The Balaban J connectivity index is 1.83. The highest BCUT2D eigenvalue weighted by molar-refractivity contribution is 5.80. The van der Waals surface area contributed by atoms with Gasteiger partial charge in [-0.3, -0.25) is 4.79 Å². The molecule has 1 heterocycles. The number of hydrogen-bond acceptors (Lipinski definition) is 3. The van der Waals surface area contributed by atoms with Crippen LogP contribution in [0.2, 0.25) is 0 Å². The molecule has 2 N–H and O–H groups in total. The van der Waals surface area contributed by atoms with Gasteiger partial charge in [-0.2, -0.15) is 0 Å². The summed E-state index contributed by atoms with van der Waals surface area (Å²) in [5, 5.41) is 6.37. The molecule has 0 aromatic heterocycles. The summed E-state index contributed by atoms with van der Waals surface area (Å²) in [5.41, 5.74) is 2.42. The van der Waals surface area contributed by atoms with Gasteiger partial charge in [-0.15, -0.1) is 0 Å². The van der Waals surface area contributed by atoms with Crippen molar-refractivity contribution in [2.24, 2.45) is 0 Å². The van der Waals surface area contributed by atoms with Crippen molar-refractivity contribution in [3.8, 4) is 0 Å². The number of ether oxygens (including phenoxy) is 1. The molecule has 1 aliphatic heterocycles. The molecule has 4 heteroatoms. The highest BCUT2D eigenvalue weighted by Crippen LogP contribution is 2.23. The average Bonchev–Trinajstić information content (AvgIpc) is 2.47. The van der Waals surface area contributed by atoms with E-state index >= 15 is 0 Å². The molecule has 0 saturated carbocycles. The molecule has 0 radical (unpaired) electrons. The molecule has 4 nitrogen and oxygen atoms in total. The predicted molar refractivity (Wildman–Crippen MR) is 85.5 cm³/mol. The van der Waals surface area contributed by atoms with Gasteiger partial charge in [0.2, 0.25) is 5.91 Å². The van der Waals surface area contributed by atoms with Crippen LogP contribution in [0.3, 0.4) is 0 Å². The average molecular weight is 290 g/mol. The lowest BCUT2D eigenvalue weighted by molar-refractivity contribution is -0.135. The normalized spacial score (nSPS) is 20.0. The third kappa shape index (κ3) is 4.46. The molecule has 1 aliphatic rings. The number of anilines is 1. The van der Waals surface area contributed by atoms with Crippen LogP contribution in [0.5, 0.6) is 0 Å². The molecule has 0 fully saturated rings. The lowest BCUT2D eigenvalue weighted by Gasteiger charge is -2.28. The standard InChI is InChI=1S/C17H26N2O2/c1-4-7-12(2)19-17(20)13(3)21-15-10-14-8-5-6-9-16(14)18-11-15/h5-6,8-9,12-13,15,18H,4,7,10-11H2,1-3H3,(H,19,20). The van der Waals surface area contributed by atoms with Crippen LogP contribution in [0, 0.1) is 0 Å². The van der Waals surface area contributed by atoms with E-state index in [2.05, 4.69) is 29.7 Å². The number of para-hydroxylation sites is 1. The second-order valence-corrected chi connectivity index (χ2v) is 5.84. The van der Waals surface area contributed by atoms with Gasteiger partial charge in [0.25, 0.3) is 0 Å². The molecule has 0 spiro atoms. The first-order chi connectivity index (χ1) is 10.1. The molecule has 0 aliphatic carbocycles. The van der Waals surface area contributed by atoms with E-state index in [1.54, 1.807) is 0 Å². The number of amides is 1. The van der Waals surface area contributed by atoms with Crippen molar-refractivity contribution in [2.75, 3.05) is 11.9 Å². The zero-order valence-corrected chi connectivity index (χ0v) is 13.2. The Morgan fingerprint density at radius 2 is 2.19 bits per heavy atom. The lowest BCUT2D eigenvalue weighted by Crippen LogP contribution is -2.43. The molecule has 3 unspecified atom stereocenters. The Hall–Kier alpha value is -1.55. The van der Waals surface area contributed by atoms with Crippen LogP contribution >= 0.6 is 0 Å². The summed E-state index contributed by atoms with van der Waals surface area (Å²) >= 11 is 0. The fraction of sp³-hybridized carbons (Fsp3) is 0.588. The van der Waals surface area contributed by atoms with Crippen molar-refractivity contribution in [2.45, 2.75) is 58.3 Å². The summed E-state index contributed by atoms with van der Waals surface area (Å²) in [6.07, 6.45) is 2.55. The number of rotatable bonds is 6. The zero-order valence-electron chi connectivity index (χ0n) is 13.2. The molecule has 1 aromatic carbocycles. The van der Waals surface area contributed by atoms with Crippen molar-refractivity contribution in [1.82, 2.24) is 5.32 Å². The Morgan fingerprint density at radius 1 is 1.43 bits per heavy atom. The van der Waals surface area contributed by atoms with Crippen LogP contribution in [0.4, 0.5) is 5.69 Å². The van der Waals surface area contributed by atoms with E-state index in [9.17, 15) is 4.79 Å². The van der Waals surface area contributed by atoms with E-state index in [0.29, 0.717) is 0 Å². The summed E-state index contributed by atoms with van der Waals surface area (Å²) in [6.45, 7) is 6.73. The fourth-order valence-corrected chi connectivity index (χ4v) is 2.72. The lowest BCUT2D eigenvalue weighted by atomic mass is 10.0. The molecule has 2 rings (SSSR count). The van der Waals surface area contributed by atoms with Crippen molar-refractivity contribution in [3.63, 3.8) is 0 Å². The predicted octanol–water partition coefficient (Wildman–Crippen LogP) is 2.73. The molecule has 0 saturated heterocycles. The quantitative estimate of drug-likeness (QED) is 0.847. The third-order valence-electron chi connectivity index (χ3n) is 3.86. The molecule has 1 aromatic rings. The molecule has 21 heavy (non-hydrogen) atoms. The van der Waals surface area contributed by atoms with Crippen LogP contribution < -0.4 is 10.6 Å². The van der Waals surface area contributed by atoms with Gasteiger partial charge in [-0.1, -0.05) is 31.5 Å². The molecule has 3 atom stereocenters. The first kappa shape index (κ1) is 15.8. The highest BCUT2D eigenvalue weighted by Gasteiger charge is 2.23. The summed E-state index contributed by atoms with van der Waals surface area (Å²) < 4.78 is 5.91. The Morgan fingerprint density at radius 3 is 2.95 bits per heavy atom. The van der Waals surface area contributed by atoms with Gasteiger partial charge in [0.1, 0.15) is 6.10 Å². The SMILES string of the molecule is CCCC(C)NC(=O)C(C)OC1CNc2ccccc2C1. The van der Waals surface area contributed by atoms with E-state index < -0.39 is 6.10 Å². The van der Waals surface area contributed by atoms with Gasteiger partial charge in [-0.05, 0) is 31.9 Å². The van der Waals surface area contributed by atoms with Crippen LogP contribution in [0.15, 0.2) is 24.3 Å². The Labute approximate surface area is 127 Å². The summed E-state index contributed by atoms with van der Waals surface area (Å²) in [7, 11) is 0.